The predicted molar refractivity (Wildman–Crippen MR) is 79.8 cm³/mol. The van der Waals surface area contributed by atoms with Crippen molar-refractivity contribution in [2.24, 2.45) is 0 Å². The van der Waals surface area contributed by atoms with Gasteiger partial charge in [0.05, 0.1) is 23.8 Å². The first-order valence-corrected chi connectivity index (χ1v) is 6.54. The third-order valence-corrected chi connectivity index (χ3v) is 3.03. The molecule has 2 heterocycles. The summed E-state index contributed by atoms with van der Waals surface area (Å²) in [5.74, 6) is 0. The molecule has 0 saturated heterocycles. The fourth-order valence-corrected chi connectivity index (χ4v) is 1.94. The van der Waals surface area contributed by atoms with Gasteiger partial charge in [-0.2, -0.15) is 10.4 Å². The van der Waals surface area contributed by atoms with Gasteiger partial charge in [-0.1, -0.05) is 18.2 Å². The van der Waals surface area contributed by atoms with Crippen molar-refractivity contribution < 1.29 is 0 Å². The molecule has 0 aliphatic heterocycles. The van der Waals surface area contributed by atoms with Gasteiger partial charge in [0.15, 0.2) is 0 Å². The molecule has 1 N–H and O–H groups in total. The summed E-state index contributed by atoms with van der Waals surface area (Å²) in [7, 11) is 0. The Morgan fingerprint density at radius 1 is 1.10 bits per heavy atom. The number of nitriles is 1. The fraction of sp³-hybridized carbons (Fsp3) is 0.0625. The third-order valence-electron chi connectivity index (χ3n) is 3.03. The van der Waals surface area contributed by atoms with Crippen molar-refractivity contribution in [2.75, 3.05) is 5.32 Å². The zero-order chi connectivity index (χ0) is 14.5. The van der Waals surface area contributed by atoms with E-state index in [0.717, 1.165) is 16.9 Å². The van der Waals surface area contributed by atoms with E-state index >= 15 is 0 Å². The molecular formula is C16H13N5. The molecule has 0 fully saturated rings. The highest BCUT2D eigenvalue weighted by Gasteiger charge is 2.01. The fourth-order valence-electron chi connectivity index (χ4n) is 1.94. The van der Waals surface area contributed by atoms with E-state index in [-0.39, 0.29) is 0 Å². The molecule has 0 bridgehead atoms. The molecule has 0 radical (unpaired) electrons. The van der Waals surface area contributed by atoms with E-state index < -0.39 is 0 Å². The maximum atomic E-state index is 8.70. The number of para-hydroxylation sites is 1. The molecule has 3 aromatic rings. The highest BCUT2D eigenvalue weighted by atomic mass is 15.3. The van der Waals surface area contributed by atoms with E-state index in [0.29, 0.717) is 12.2 Å². The van der Waals surface area contributed by atoms with Crippen molar-refractivity contribution in [3.63, 3.8) is 0 Å². The molecule has 0 aliphatic rings. The Morgan fingerprint density at radius 3 is 2.67 bits per heavy atom. The molecule has 0 atom stereocenters. The van der Waals surface area contributed by atoms with Crippen LogP contribution in [0.25, 0.3) is 5.69 Å². The lowest BCUT2D eigenvalue weighted by Crippen LogP contribution is -1.99. The van der Waals surface area contributed by atoms with Crippen LogP contribution in [0.15, 0.2) is 61.1 Å². The number of aromatic nitrogens is 3. The summed E-state index contributed by atoms with van der Waals surface area (Å²) >= 11 is 0. The second-order valence-electron chi connectivity index (χ2n) is 4.53. The van der Waals surface area contributed by atoms with Crippen LogP contribution >= 0.6 is 0 Å². The van der Waals surface area contributed by atoms with Gasteiger partial charge in [0, 0.05) is 18.3 Å². The molecule has 0 unspecified atom stereocenters. The molecule has 102 valence electrons. The van der Waals surface area contributed by atoms with Gasteiger partial charge in [-0.3, -0.25) is 0 Å². The van der Waals surface area contributed by atoms with E-state index in [1.165, 1.54) is 0 Å². The van der Waals surface area contributed by atoms with Crippen LogP contribution in [0.2, 0.25) is 0 Å². The average molecular weight is 275 g/mol. The Hall–Kier alpha value is -3.13. The van der Waals surface area contributed by atoms with Crippen LogP contribution in [-0.2, 0) is 6.54 Å². The van der Waals surface area contributed by atoms with E-state index in [1.54, 1.807) is 12.3 Å². The number of nitrogens with zero attached hydrogens (tertiary/aromatic N) is 4. The molecule has 0 amide bonds. The Labute approximate surface area is 122 Å². The Morgan fingerprint density at radius 2 is 1.95 bits per heavy atom. The standard InChI is InChI=1S/C16H13N5/c17-8-14-6-7-15(11-19-14)18-9-13-10-20-21(12-13)16-4-2-1-3-5-16/h1-7,10-12,18H,9H2. The maximum absolute atomic E-state index is 8.70. The van der Waals surface area contributed by atoms with Gasteiger partial charge >= 0.3 is 0 Å². The van der Waals surface area contributed by atoms with Crippen molar-refractivity contribution in [1.29, 1.82) is 5.26 Å². The Balaban J connectivity index is 1.66. The van der Waals surface area contributed by atoms with E-state index in [4.69, 9.17) is 5.26 Å². The third kappa shape index (κ3) is 3.07. The lowest BCUT2D eigenvalue weighted by molar-refractivity contribution is 0.880. The molecule has 3 rings (SSSR count). The molecule has 21 heavy (non-hydrogen) atoms. The van der Waals surface area contributed by atoms with Crippen molar-refractivity contribution in [1.82, 2.24) is 14.8 Å². The van der Waals surface area contributed by atoms with Crippen LogP contribution in [0.1, 0.15) is 11.3 Å². The average Bonchev–Trinajstić information content (AvgIpc) is 3.03. The van der Waals surface area contributed by atoms with Crippen LogP contribution < -0.4 is 5.32 Å². The number of rotatable bonds is 4. The summed E-state index contributed by atoms with van der Waals surface area (Å²) in [5.41, 5.74) is 3.39. The monoisotopic (exact) mass is 275 g/mol. The second-order valence-corrected chi connectivity index (χ2v) is 4.53. The van der Waals surface area contributed by atoms with Gasteiger partial charge in [-0.05, 0) is 24.3 Å². The number of anilines is 1. The topological polar surface area (TPSA) is 66.5 Å². The second kappa shape index (κ2) is 5.88. The van der Waals surface area contributed by atoms with E-state index in [2.05, 4.69) is 15.4 Å². The summed E-state index contributed by atoms with van der Waals surface area (Å²) < 4.78 is 1.84. The summed E-state index contributed by atoms with van der Waals surface area (Å²) in [6.07, 6.45) is 5.47. The zero-order valence-corrected chi connectivity index (χ0v) is 11.3. The van der Waals surface area contributed by atoms with Gasteiger partial charge in [0.25, 0.3) is 0 Å². The van der Waals surface area contributed by atoms with Crippen LogP contribution in [-0.4, -0.2) is 14.8 Å². The Kier molecular flexibility index (Phi) is 3.61. The highest BCUT2D eigenvalue weighted by Crippen LogP contribution is 2.10. The minimum Gasteiger partial charge on any atom is -0.380 e. The first-order valence-electron chi connectivity index (χ1n) is 6.54. The normalized spacial score (nSPS) is 10.0. The summed E-state index contributed by atoms with van der Waals surface area (Å²) in [6.45, 7) is 0.653. The molecule has 0 spiro atoms. The quantitative estimate of drug-likeness (QED) is 0.795. The van der Waals surface area contributed by atoms with Crippen LogP contribution in [0.4, 0.5) is 5.69 Å². The number of hydrogen-bond donors (Lipinski definition) is 1. The van der Waals surface area contributed by atoms with Gasteiger partial charge in [-0.25, -0.2) is 9.67 Å². The predicted octanol–water partition coefficient (Wildman–Crippen LogP) is 2.75. The number of hydrogen-bond acceptors (Lipinski definition) is 4. The molecule has 0 aliphatic carbocycles. The first-order chi connectivity index (χ1) is 10.3. The zero-order valence-electron chi connectivity index (χ0n) is 11.3. The van der Waals surface area contributed by atoms with Crippen molar-refractivity contribution in [3.05, 3.63) is 72.3 Å². The van der Waals surface area contributed by atoms with Crippen LogP contribution in [0.5, 0.6) is 0 Å². The van der Waals surface area contributed by atoms with E-state index in [1.807, 2.05) is 59.5 Å². The number of benzene rings is 1. The minimum absolute atomic E-state index is 0.414. The molecule has 1 aromatic carbocycles. The lowest BCUT2D eigenvalue weighted by atomic mass is 10.3. The van der Waals surface area contributed by atoms with Gasteiger partial charge in [-0.15, -0.1) is 0 Å². The van der Waals surface area contributed by atoms with Crippen molar-refractivity contribution in [2.45, 2.75) is 6.54 Å². The van der Waals surface area contributed by atoms with E-state index in [9.17, 15) is 0 Å². The molecule has 5 heteroatoms. The Bertz CT molecular complexity index is 753. The van der Waals surface area contributed by atoms with Gasteiger partial charge in [0.1, 0.15) is 11.8 Å². The lowest BCUT2D eigenvalue weighted by Gasteiger charge is -2.03. The number of pyridine rings is 1. The van der Waals surface area contributed by atoms with Crippen molar-refractivity contribution in [3.8, 4) is 11.8 Å². The molecule has 5 nitrogen and oxygen atoms in total. The smallest absolute Gasteiger partial charge is 0.140 e. The maximum Gasteiger partial charge on any atom is 0.140 e. The largest absolute Gasteiger partial charge is 0.380 e. The first kappa shape index (κ1) is 12.9. The number of nitrogens with one attached hydrogen (secondary N) is 1. The van der Waals surface area contributed by atoms with Crippen LogP contribution in [0, 0.1) is 11.3 Å². The summed E-state index contributed by atoms with van der Waals surface area (Å²) in [6, 6.07) is 15.5. The van der Waals surface area contributed by atoms with Gasteiger partial charge < -0.3 is 5.32 Å². The summed E-state index contributed by atoms with van der Waals surface area (Å²) in [5, 5.41) is 16.3. The highest BCUT2D eigenvalue weighted by molar-refractivity contribution is 5.43. The SMILES string of the molecule is N#Cc1ccc(NCc2cnn(-c3ccccc3)c2)cn1. The van der Waals surface area contributed by atoms with Crippen LogP contribution in [0.3, 0.4) is 0 Å². The van der Waals surface area contributed by atoms with Gasteiger partial charge in [0.2, 0.25) is 0 Å². The molecule has 2 aromatic heterocycles. The minimum atomic E-state index is 0.414. The summed E-state index contributed by atoms with van der Waals surface area (Å²) in [4.78, 5) is 4.02. The van der Waals surface area contributed by atoms with Crippen molar-refractivity contribution >= 4 is 5.69 Å². The molecular weight excluding hydrogens is 262 g/mol. The molecule has 0 saturated carbocycles.